The van der Waals surface area contributed by atoms with Gasteiger partial charge in [-0.05, 0) is 0 Å². The number of carbonyl (C=O) groups is 1. The Bertz CT molecular complexity index is 184. The normalized spacial score (nSPS) is 35.7. The maximum atomic E-state index is 10.9. The standard InChI is InChI=1S/C7H13NO4/c1-4(10)8-2-6(11)7(12)5(8)3-9/h5-7,9,11-12H,2-3H2,1H3/t5-,6+,7+/m0/s1. The fraction of sp³-hybridized carbons (Fsp3) is 0.857. The van der Waals surface area contributed by atoms with Gasteiger partial charge in [0.1, 0.15) is 6.10 Å². The minimum Gasteiger partial charge on any atom is -0.394 e. The van der Waals surface area contributed by atoms with E-state index in [1.165, 1.54) is 11.8 Å². The van der Waals surface area contributed by atoms with E-state index in [2.05, 4.69) is 0 Å². The first-order chi connectivity index (χ1) is 5.57. The molecule has 1 amide bonds. The van der Waals surface area contributed by atoms with Crippen LogP contribution >= 0.6 is 0 Å². The molecular formula is C7H13NO4. The quantitative estimate of drug-likeness (QED) is 0.427. The highest BCUT2D eigenvalue weighted by molar-refractivity contribution is 5.74. The molecule has 5 heteroatoms. The molecule has 70 valence electrons. The average Bonchev–Trinajstić information content (AvgIpc) is 2.29. The van der Waals surface area contributed by atoms with Crippen LogP contribution in [0.5, 0.6) is 0 Å². The topological polar surface area (TPSA) is 81.0 Å². The van der Waals surface area contributed by atoms with Crippen LogP contribution in [0.3, 0.4) is 0 Å². The monoisotopic (exact) mass is 175 g/mol. The van der Waals surface area contributed by atoms with Crippen molar-refractivity contribution >= 4 is 5.91 Å². The molecule has 0 aromatic carbocycles. The molecule has 3 N–H and O–H groups in total. The molecule has 0 aromatic rings. The summed E-state index contributed by atoms with van der Waals surface area (Å²) in [5.41, 5.74) is 0. The molecule has 3 atom stereocenters. The lowest BCUT2D eigenvalue weighted by Crippen LogP contribution is -2.41. The number of aliphatic hydroxyl groups excluding tert-OH is 3. The van der Waals surface area contributed by atoms with Crippen LogP contribution < -0.4 is 0 Å². The lowest BCUT2D eigenvalue weighted by atomic mass is 10.1. The maximum Gasteiger partial charge on any atom is 0.219 e. The van der Waals surface area contributed by atoms with Gasteiger partial charge < -0.3 is 20.2 Å². The smallest absolute Gasteiger partial charge is 0.219 e. The van der Waals surface area contributed by atoms with Gasteiger partial charge in [0.05, 0.1) is 18.8 Å². The van der Waals surface area contributed by atoms with Gasteiger partial charge in [-0.1, -0.05) is 0 Å². The van der Waals surface area contributed by atoms with E-state index in [0.717, 1.165) is 0 Å². The molecule has 0 spiro atoms. The Labute approximate surface area is 70.2 Å². The fourth-order valence-electron chi connectivity index (χ4n) is 1.45. The van der Waals surface area contributed by atoms with Crippen molar-refractivity contribution in [2.75, 3.05) is 13.2 Å². The molecule has 5 nitrogen and oxygen atoms in total. The number of likely N-dealkylation sites (tertiary alicyclic amines) is 1. The lowest BCUT2D eigenvalue weighted by Gasteiger charge is -2.22. The van der Waals surface area contributed by atoms with Gasteiger partial charge in [0, 0.05) is 13.5 Å². The Balaban J connectivity index is 2.71. The SMILES string of the molecule is CC(=O)N1C[C@@H](O)[C@H](O)[C@@H]1CO. The summed E-state index contributed by atoms with van der Waals surface area (Å²) in [6, 6.07) is -0.655. The number of hydrogen-bond acceptors (Lipinski definition) is 4. The van der Waals surface area contributed by atoms with Gasteiger partial charge in [-0.25, -0.2) is 0 Å². The molecule has 1 heterocycles. The first-order valence-corrected chi connectivity index (χ1v) is 3.82. The Morgan fingerprint density at radius 2 is 2.17 bits per heavy atom. The number of amides is 1. The highest BCUT2D eigenvalue weighted by Crippen LogP contribution is 2.17. The third kappa shape index (κ3) is 1.43. The largest absolute Gasteiger partial charge is 0.394 e. The van der Waals surface area contributed by atoms with Gasteiger partial charge in [-0.15, -0.1) is 0 Å². The van der Waals surface area contributed by atoms with E-state index in [-0.39, 0.29) is 19.1 Å². The molecular weight excluding hydrogens is 162 g/mol. The van der Waals surface area contributed by atoms with Crippen molar-refractivity contribution in [3.63, 3.8) is 0 Å². The average molecular weight is 175 g/mol. The Hall–Kier alpha value is -0.650. The highest BCUT2D eigenvalue weighted by atomic mass is 16.3. The summed E-state index contributed by atoms with van der Waals surface area (Å²) in [7, 11) is 0. The van der Waals surface area contributed by atoms with Gasteiger partial charge in [0.2, 0.25) is 5.91 Å². The molecule has 1 aliphatic heterocycles. The second kappa shape index (κ2) is 3.38. The summed E-state index contributed by atoms with van der Waals surface area (Å²) in [5, 5.41) is 27.2. The summed E-state index contributed by atoms with van der Waals surface area (Å²) in [6.45, 7) is 1.12. The summed E-state index contributed by atoms with van der Waals surface area (Å²) in [5.74, 6) is -0.246. The fourth-order valence-corrected chi connectivity index (χ4v) is 1.45. The third-order valence-corrected chi connectivity index (χ3v) is 2.16. The zero-order valence-corrected chi connectivity index (χ0v) is 6.84. The molecule has 0 radical (unpaired) electrons. The number of rotatable bonds is 1. The van der Waals surface area contributed by atoms with Crippen LogP contribution in [0.25, 0.3) is 0 Å². The van der Waals surface area contributed by atoms with E-state index in [1.54, 1.807) is 0 Å². The van der Waals surface area contributed by atoms with Crippen molar-refractivity contribution in [3.05, 3.63) is 0 Å². The van der Waals surface area contributed by atoms with E-state index >= 15 is 0 Å². The van der Waals surface area contributed by atoms with Crippen molar-refractivity contribution < 1.29 is 20.1 Å². The number of aliphatic hydroxyl groups is 3. The maximum absolute atomic E-state index is 10.9. The molecule has 1 aliphatic rings. The molecule has 1 rings (SSSR count). The first-order valence-electron chi connectivity index (χ1n) is 3.82. The van der Waals surface area contributed by atoms with Crippen molar-refractivity contribution in [1.82, 2.24) is 4.90 Å². The van der Waals surface area contributed by atoms with Crippen molar-refractivity contribution in [2.45, 2.75) is 25.2 Å². The minimum absolute atomic E-state index is 0.0989. The number of β-amino-alcohol motifs (C(OH)–C–C–N with tert-alkyl or cyclic N) is 1. The van der Waals surface area contributed by atoms with Crippen LogP contribution in [-0.4, -0.2) is 57.5 Å². The molecule has 1 saturated heterocycles. The second-order valence-corrected chi connectivity index (χ2v) is 2.98. The van der Waals surface area contributed by atoms with Crippen LogP contribution in [0.15, 0.2) is 0 Å². The van der Waals surface area contributed by atoms with Gasteiger partial charge >= 0.3 is 0 Å². The van der Waals surface area contributed by atoms with Crippen LogP contribution in [0.1, 0.15) is 6.92 Å². The molecule has 12 heavy (non-hydrogen) atoms. The molecule has 0 aliphatic carbocycles. The van der Waals surface area contributed by atoms with Gasteiger partial charge in [-0.3, -0.25) is 4.79 Å². The first kappa shape index (κ1) is 9.44. The predicted molar refractivity (Wildman–Crippen MR) is 40.3 cm³/mol. The van der Waals surface area contributed by atoms with Crippen LogP contribution in [-0.2, 0) is 4.79 Å². The number of hydrogen-bond donors (Lipinski definition) is 3. The number of nitrogens with zero attached hydrogens (tertiary/aromatic N) is 1. The van der Waals surface area contributed by atoms with Crippen molar-refractivity contribution in [2.24, 2.45) is 0 Å². The van der Waals surface area contributed by atoms with E-state index in [4.69, 9.17) is 10.2 Å². The van der Waals surface area contributed by atoms with E-state index in [9.17, 15) is 9.90 Å². The molecule has 0 saturated carbocycles. The van der Waals surface area contributed by atoms with Crippen LogP contribution in [0.4, 0.5) is 0 Å². The zero-order chi connectivity index (χ0) is 9.30. The summed E-state index contributed by atoms with van der Waals surface area (Å²) in [4.78, 5) is 12.2. The van der Waals surface area contributed by atoms with Crippen LogP contribution in [0, 0.1) is 0 Å². The Morgan fingerprint density at radius 3 is 2.50 bits per heavy atom. The van der Waals surface area contributed by atoms with Gasteiger partial charge in [-0.2, -0.15) is 0 Å². The third-order valence-electron chi connectivity index (χ3n) is 2.16. The second-order valence-electron chi connectivity index (χ2n) is 2.98. The lowest BCUT2D eigenvalue weighted by molar-refractivity contribution is -0.131. The van der Waals surface area contributed by atoms with Gasteiger partial charge in [0.25, 0.3) is 0 Å². The van der Waals surface area contributed by atoms with E-state index < -0.39 is 18.2 Å². The van der Waals surface area contributed by atoms with Crippen molar-refractivity contribution in [3.8, 4) is 0 Å². The Morgan fingerprint density at radius 1 is 1.58 bits per heavy atom. The van der Waals surface area contributed by atoms with E-state index in [0.29, 0.717) is 0 Å². The molecule has 1 fully saturated rings. The summed E-state index contributed by atoms with van der Waals surface area (Å²) in [6.07, 6.45) is -1.97. The van der Waals surface area contributed by atoms with Crippen molar-refractivity contribution in [1.29, 1.82) is 0 Å². The van der Waals surface area contributed by atoms with Gasteiger partial charge in [0.15, 0.2) is 0 Å². The van der Waals surface area contributed by atoms with Crippen LogP contribution in [0.2, 0.25) is 0 Å². The zero-order valence-electron chi connectivity index (χ0n) is 6.84. The minimum atomic E-state index is -1.03. The van der Waals surface area contributed by atoms with E-state index in [1.807, 2.05) is 0 Å². The Kier molecular flexibility index (Phi) is 2.66. The molecule has 0 unspecified atom stereocenters. The summed E-state index contributed by atoms with van der Waals surface area (Å²) >= 11 is 0. The molecule has 0 aromatic heterocycles. The molecule has 0 bridgehead atoms. The number of carbonyl (C=O) groups excluding carboxylic acids is 1. The predicted octanol–water partition coefficient (Wildman–Crippen LogP) is -2.07. The highest BCUT2D eigenvalue weighted by Gasteiger charge is 2.40. The summed E-state index contributed by atoms with van der Waals surface area (Å²) < 4.78 is 0.